The van der Waals surface area contributed by atoms with Gasteiger partial charge in [0.1, 0.15) is 5.75 Å². The molecule has 0 unspecified atom stereocenters. The fourth-order valence-corrected chi connectivity index (χ4v) is 2.64. The molecule has 2 aromatic carbocycles. The Morgan fingerprint density at radius 3 is 1.34 bits per heavy atom. The third kappa shape index (κ3) is 26.4. The summed E-state index contributed by atoms with van der Waals surface area (Å²) in [6.07, 6.45) is 1.05. The van der Waals surface area contributed by atoms with Crippen LogP contribution in [-0.2, 0) is 6.42 Å². The lowest BCUT2D eigenvalue weighted by atomic mass is 9.88. The summed E-state index contributed by atoms with van der Waals surface area (Å²) in [5, 5.41) is 9.05. The van der Waals surface area contributed by atoms with E-state index in [4.69, 9.17) is 5.11 Å². The van der Waals surface area contributed by atoms with Crippen LogP contribution in [0.5, 0.6) is 5.75 Å². The van der Waals surface area contributed by atoms with E-state index < -0.39 is 0 Å². The lowest BCUT2D eigenvalue weighted by Crippen LogP contribution is -2.08. The van der Waals surface area contributed by atoms with Crippen LogP contribution in [0.25, 0.3) is 0 Å². The molecule has 206 valence electrons. The summed E-state index contributed by atoms with van der Waals surface area (Å²) in [6, 6.07) is 17.9. The van der Waals surface area contributed by atoms with Crippen molar-refractivity contribution in [1.82, 2.24) is 0 Å². The van der Waals surface area contributed by atoms with Crippen molar-refractivity contribution in [2.45, 2.75) is 124 Å². The first-order valence-corrected chi connectivity index (χ1v) is 12.8. The Bertz CT molecular complexity index is 695. The van der Waals surface area contributed by atoms with Gasteiger partial charge in [-0.1, -0.05) is 145 Å². The van der Waals surface area contributed by atoms with E-state index in [1.807, 2.05) is 45.9 Å². The zero-order valence-corrected chi connectivity index (χ0v) is 24.5. The Labute approximate surface area is 223 Å². The Balaban J connectivity index is -0.000000119. The fourth-order valence-electron chi connectivity index (χ4n) is 2.64. The van der Waals surface area contributed by atoms with E-state index in [2.05, 4.69) is 93.5 Å². The van der Waals surface area contributed by atoms with Gasteiger partial charge in [-0.15, -0.1) is 0 Å². The van der Waals surface area contributed by atoms with Crippen LogP contribution in [0.2, 0.25) is 0 Å². The first kappa shape index (κ1) is 43.1. The van der Waals surface area contributed by atoms with Gasteiger partial charge in [0.2, 0.25) is 0 Å². The number of hydrogen-bond acceptors (Lipinski definition) is 1. The number of hydrogen-bond donors (Lipinski definition) is 1. The van der Waals surface area contributed by atoms with Crippen molar-refractivity contribution in [2.75, 3.05) is 0 Å². The molecule has 0 radical (unpaired) electrons. The first-order valence-electron chi connectivity index (χ1n) is 12.8. The first-order chi connectivity index (χ1) is 15.3. The predicted octanol–water partition coefficient (Wildman–Crippen LogP) is 12.1. The minimum atomic E-state index is 0. The molecule has 1 heteroatoms. The third-order valence-electron chi connectivity index (χ3n) is 4.79. The molecule has 0 aliphatic rings. The molecule has 0 amide bonds. The van der Waals surface area contributed by atoms with E-state index in [1.54, 1.807) is 12.1 Å². The average molecular weight is 489 g/mol. The van der Waals surface area contributed by atoms with E-state index in [1.165, 1.54) is 22.3 Å². The van der Waals surface area contributed by atoms with E-state index in [0.29, 0.717) is 17.1 Å². The molecule has 0 spiro atoms. The Hall–Kier alpha value is -2.02. The van der Waals surface area contributed by atoms with Crippen LogP contribution < -0.4 is 0 Å². The van der Waals surface area contributed by atoms with Crippen LogP contribution in [0, 0.1) is 11.3 Å². The zero-order chi connectivity index (χ0) is 26.6. The monoisotopic (exact) mass is 488 g/mol. The largest absolute Gasteiger partial charge is 0.508 e. The molecular formula is C34H64O. The number of rotatable bonds is 3. The van der Waals surface area contributed by atoms with Crippen molar-refractivity contribution in [3.8, 4) is 5.75 Å². The van der Waals surface area contributed by atoms with Crippen molar-refractivity contribution in [3.63, 3.8) is 0 Å². The van der Waals surface area contributed by atoms with Crippen LogP contribution in [0.15, 0.2) is 65.7 Å². The van der Waals surface area contributed by atoms with Gasteiger partial charge in [0.05, 0.1) is 0 Å². The van der Waals surface area contributed by atoms with Gasteiger partial charge in [0.25, 0.3) is 0 Å². The van der Waals surface area contributed by atoms with Gasteiger partial charge in [-0.3, -0.25) is 0 Å². The highest BCUT2D eigenvalue weighted by atomic mass is 16.3. The maximum Gasteiger partial charge on any atom is 0.115 e. The molecule has 1 nitrogen and oxygen atoms in total. The van der Waals surface area contributed by atoms with Crippen LogP contribution >= 0.6 is 0 Å². The maximum atomic E-state index is 9.05. The molecule has 0 aliphatic heterocycles. The molecule has 0 fully saturated rings. The van der Waals surface area contributed by atoms with E-state index in [0.717, 1.165) is 12.3 Å². The molecule has 2 rings (SSSR count). The molecule has 0 aromatic heterocycles. The molecular weight excluding hydrogens is 424 g/mol. The third-order valence-corrected chi connectivity index (χ3v) is 4.79. The lowest BCUT2D eigenvalue weighted by molar-refractivity contribution is 0.410. The molecule has 2 aromatic rings. The minimum Gasteiger partial charge on any atom is -0.508 e. The highest BCUT2D eigenvalue weighted by Crippen LogP contribution is 2.21. The molecule has 0 atom stereocenters. The van der Waals surface area contributed by atoms with Gasteiger partial charge in [-0.05, 0) is 67.7 Å². The number of phenolic OH excluding ortho intramolecular Hbond substituents is 1. The van der Waals surface area contributed by atoms with Gasteiger partial charge < -0.3 is 5.11 Å². The highest BCUT2D eigenvalue weighted by molar-refractivity contribution is 5.26. The SMILES string of the molecule is C.C.CC.CC.CC(C)(C)Cc1ccc(O)cc1.CC(C)=C(C)C(C)C.CC(C)c1ccccc1. The quantitative estimate of drug-likeness (QED) is 0.426. The second kappa shape index (κ2) is 25.1. The normalized spacial score (nSPS) is 9.14. The Morgan fingerprint density at radius 1 is 0.714 bits per heavy atom. The lowest BCUT2D eigenvalue weighted by Gasteiger charge is -2.17. The van der Waals surface area contributed by atoms with Gasteiger partial charge in [0.15, 0.2) is 0 Å². The molecule has 1 N–H and O–H groups in total. The molecule has 0 bridgehead atoms. The van der Waals surface area contributed by atoms with E-state index in [-0.39, 0.29) is 14.9 Å². The number of aromatic hydroxyl groups is 1. The summed E-state index contributed by atoms with van der Waals surface area (Å²) in [7, 11) is 0. The highest BCUT2D eigenvalue weighted by Gasteiger charge is 2.10. The summed E-state index contributed by atoms with van der Waals surface area (Å²) < 4.78 is 0. The van der Waals surface area contributed by atoms with Crippen LogP contribution in [0.4, 0.5) is 0 Å². The molecule has 35 heavy (non-hydrogen) atoms. The standard InChI is InChI=1S/C11H16O.C9H12.C8H16.2C2H6.2CH4/c1-11(2,3)8-9-4-6-10(12)7-5-9;1-8(2)9-6-4-3-5-7-9;1-6(2)8(5)7(3)4;2*1-2;;/h4-7,12H,8H2,1-3H3;3-8H,1-2H3;6H,1-5H3;2*1-2H3;2*1H4. The average Bonchev–Trinajstić information content (AvgIpc) is 2.78. The zero-order valence-electron chi connectivity index (χ0n) is 24.5. The Morgan fingerprint density at radius 2 is 1.11 bits per heavy atom. The number of phenols is 1. The van der Waals surface area contributed by atoms with E-state index in [9.17, 15) is 0 Å². The second-order valence-corrected chi connectivity index (χ2v) is 9.81. The summed E-state index contributed by atoms with van der Waals surface area (Å²) in [5.41, 5.74) is 5.99. The van der Waals surface area contributed by atoms with Gasteiger partial charge in [-0.2, -0.15) is 0 Å². The topological polar surface area (TPSA) is 20.2 Å². The minimum absolute atomic E-state index is 0. The molecule has 0 saturated heterocycles. The smallest absolute Gasteiger partial charge is 0.115 e. The van der Waals surface area contributed by atoms with Crippen LogP contribution in [0.1, 0.15) is 129 Å². The van der Waals surface area contributed by atoms with Gasteiger partial charge in [0, 0.05) is 0 Å². The summed E-state index contributed by atoms with van der Waals surface area (Å²) in [4.78, 5) is 0. The second-order valence-electron chi connectivity index (χ2n) is 9.81. The van der Waals surface area contributed by atoms with Crippen LogP contribution in [-0.4, -0.2) is 5.11 Å². The van der Waals surface area contributed by atoms with Crippen molar-refractivity contribution >= 4 is 0 Å². The van der Waals surface area contributed by atoms with E-state index >= 15 is 0 Å². The van der Waals surface area contributed by atoms with Gasteiger partial charge >= 0.3 is 0 Å². The van der Waals surface area contributed by atoms with Crippen molar-refractivity contribution < 1.29 is 5.11 Å². The maximum absolute atomic E-state index is 9.05. The van der Waals surface area contributed by atoms with Gasteiger partial charge in [-0.25, -0.2) is 0 Å². The fraction of sp³-hybridized carbons (Fsp3) is 0.588. The number of benzene rings is 2. The van der Waals surface area contributed by atoms with Crippen LogP contribution in [0.3, 0.4) is 0 Å². The summed E-state index contributed by atoms with van der Waals surface area (Å²) in [5.74, 6) is 1.72. The Kier molecular flexibility index (Phi) is 30.9. The predicted molar refractivity (Wildman–Crippen MR) is 167 cm³/mol. The van der Waals surface area contributed by atoms with Crippen molar-refractivity contribution in [1.29, 1.82) is 0 Å². The summed E-state index contributed by atoms with van der Waals surface area (Å²) >= 11 is 0. The number of allylic oxidation sites excluding steroid dienone is 2. The molecule has 0 heterocycles. The van der Waals surface area contributed by atoms with Crippen molar-refractivity contribution in [3.05, 3.63) is 76.9 Å². The van der Waals surface area contributed by atoms with Crippen molar-refractivity contribution in [2.24, 2.45) is 11.3 Å². The molecule has 0 aliphatic carbocycles. The summed E-state index contributed by atoms with van der Waals surface area (Å²) in [6.45, 7) is 30.0. The molecule has 0 saturated carbocycles.